The van der Waals surface area contributed by atoms with Crippen LogP contribution in [0.3, 0.4) is 0 Å². The van der Waals surface area contributed by atoms with Gasteiger partial charge < -0.3 is 14.6 Å². The summed E-state index contributed by atoms with van der Waals surface area (Å²) in [5, 5.41) is 7.37. The van der Waals surface area contributed by atoms with Crippen LogP contribution in [0, 0.1) is 0 Å². The molecule has 0 aliphatic heterocycles. The predicted octanol–water partition coefficient (Wildman–Crippen LogP) is 2.67. The highest BCUT2D eigenvalue weighted by Crippen LogP contribution is 2.25. The van der Waals surface area contributed by atoms with Gasteiger partial charge in [0.1, 0.15) is 0 Å². The van der Waals surface area contributed by atoms with Gasteiger partial charge in [0.15, 0.2) is 0 Å². The first-order valence-electron chi connectivity index (χ1n) is 6.54. The molecule has 20 heavy (non-hydrogen) atoms. The van der Waals surface area contributed by atoms with Gasteiger partial charge >= 0.3 is 0 Å². The Morgan fingerprint density at radius 1 is 1.40 bits per heavy atom. The number of aromatic nitrogens is 2. The molecule has 6 heteroatoms. The van der Waals surface area contributed by atoms with Gasteiger partial charge in [-0.2, -0.15) is 4.98 Å². The lowest BCUT2D eigenvalue weighted by molar-refractivity contribution is 0.162. The largest absolute Gasteiger partial charge is 0.383 e. The van der Waals surface area contributed by atoms with Crippen LogP contribution in [0.2, 0.25) is 0 Å². The third-order valence-electron chi connectivity index (χ3n) is 2.86. The van der Waals surface area contributed by atoms with Crippen molar-refractivity contribution in [2.45, 2.75) is 19.4 Å². The molecule has 0 spiro atoms. The Bertz CT molecular complexity index is 539. The summed E-state index contributed by atoms with van der Waals surface area (Å²) in [7, 11) is 1.69. The maximum Gasteiger partial charge on any atom is 0.228 e. The van der Waals surface area contributed by atoms with Gasteiger partial charge in [-0.3, -0.25) is 0 Å². The van der Waals surface area contributed by atoms with Crippen molar-refractivity contribution in [3.05, 3.63) is 34.6 Å². The van der Waals surface area contributed by atoms with E-state index in [1.165, 1.54) is 0 Å². The second kappa shape index (κ2) is 7.52. The number of methoxy groups -OCH3 is 1. The van der Waals surface area contributed by atoms with E-state index in [4.69, 9.17) is 9.26 Å². The summed E-state index contributed by atoms with van der Waals surface area (Å²) >= 11 is 3.49. The molecule has 0 amide bonds. The van der Waals surface area contributed by atoms with E-state index >= 15 is 0 Å². The molecule has 1 aromatic heterocycles. The van der Waals surface area contributed by atoms with Gasteiger partial charge in [-0.25, -0.2) is 0 Å². The number of rotatable bonds is 7. The zero-order chi connectivity index (χ0) is 14.4. The third-order valence-corrected chi connectivity index (χ3v) is 3.56. The zero-order valence-corrected chi connectivity index (χ0v) is 13.2. The van der Waals surface area contributed by atoms with E-state index in [9.17, 15) is 0 Å². The molecule has 0 aliphatic carbocycles. The van der Waals surface area contributed by atoms with Crippen molar-refractivity contribution in [2.75, 3.05) is 20.3 Å². The van der Waals surface area contributed by atoms with Crippen molar-refractivity contribution in [3.63, 3.8) is 0 Å². The van der Waals surface area contributed by atoms with E-state index in [1.807, 2.05) is 24.3 Å². The van der Waals surface area contributed by atoms with E-state index in [0.717, 1.165) is 16.6 Å². The summed E-state index contributed by atoms with van der Waals surface area (Å²) in [6.45, 7) is 3.54. The molecule has 2 rings (SSSR count). The lowest BCUT2D eigenvalue weighted by Gasteiger charge is -2.14. The number of hydrogen-bond acceptors (Lipinski definition) is 5. The van der Waals surface area contributed by atoms with Gasteiger partial charge in [0.05, 0.1) is 6.61 Å². The topological polar surface area (TPSA) is 60.2 Å². The minimum Gasteiger partial charge on any atom is -0.383 e. The molecule has 0 radical (unpaired) electrons. The number of hydrogen-bond donors (Lipinski definition) is 1. The number of nitrogens with zero attached hydrogens (tertiary/aromatic N) is 2. The van der Waals surface area contributed by atoms with Crippen molar-refractivity contribution in [1.82, 2.24) is 15.5 Å². The SMILES string of the molecule is CCNC(COC)Cc1nc(-c2ccccc2Br)no1. The van der Waals surface area contributed by atoms with Crippen LogP contribution in [0.1, 0.15) is 12.8 Å². The van der Waals surface area contributed by atoms with E-state index in [1.54, 1.807) is 7.11 Å². The molecule has 1 atom stereocenters. The maximum absolute atomic E-state index is 5.32. The molecule has 5 nitrogen and oxygen atoms in total. The van der Waals surface area contributed by atoms with Crippen LogP contribution in [0.15, 0.2) is 33.3 Å². The van der Waals surface area contributed by atoms with Gasteiger partial charge in [0, 0.05) is 29.6 Å². The summed E-state index contributed by atoms with van der Waals surface area (Å²) in [6, 6.07) is 7.99. The Kier molecular flexibility index (Phi) is 5.70. The number of benzene rings is 1. The molecule has 0 saturated carbocycles. The Labute approximate surface area is 126 Å². The maximum atomic E-state index is 5.32. The number of halogens is 1. The van der Waals surface area contributed by atoms with Crippen LogP contribution < -0.4 is 5.32 Å². The number of nitrogens with one attached hydrogen (secondary N) is 1. The molecule has 1 N–H and O–H groups in total. The minimum absolute atomic E-state index is 0.178. The molecule has 2 aromatic rings. The van der Waals surface area contributed by atoms with Gasteiger partial charge in [-0.15, -0.1) is 0 Å². The van der Waals surface area contributed by atoms with Gasteiger partial charge in [-0.1, -0.05) is 40.1 Å². The first-order chi connectivity index (χ1) is 9.74. The fourth-order valence-electron chi connectivity index (χ4n) is 1.98. The zero-order valence-electron chi connectivity index (χ0n) is 11.6. The average molecular weight is 340 g/mol. The lowest BCUT2D eigenvalue weighted by Crippen LogP contribution is -2.35. The molecule has 108 valence electrons. The standard InChI is InChI=1S/C14H18BrN3O2/c1-3-16-10(9-19-2)8-13-17-14(18-20-13)11-6-4-5-7-12(11)15/h4-7,10,16H,3,8-9H2,1-2H3. The van der Waals surface area contributed by atoms with Crippen LogP contribution in [0.25, 0.3) is 11.4 Å². The summed E-state index contributed by atoms with van der Waals surface area (Å²) < 4.78 is 11.5. The molecule has 1 unspecified atom stereocenters. The molecule has 0 saturated heterocycles. The van der Waals surface area contributed by atoms with E-state index in [2.05, 4.69) is 38.3 Å². The Morgan fingerprint density at radius 3 is 2.90 bits per heavy atom. The molecule has 1 aromatic carbocycles. The molecule has 0 bridgehead atoms. The van der Waals surface area contributed by atoms with Crippen LogP contribution in [-0.4, -0.2) is 36.4 Å². The first kappa shape index (κ1) is 15.2. The monoisotopic (exact) mass is 339 g/mol. The van der Waals surface area contributed by atoms with Crippen LogP contribution >= 0.6 is 15.9 Å². The van der Waals surface area contributed by atoms with Crippen molar-refractivity contribution in [3.8, 4) is 11.4 Å². The molecule has 1 heterocycles. The minimum atomic E-state index is 0.178. The van der Waals surface area contributed by atoms with Gasteiger partial charge in [-0.05, 0) is 18.7 Å². The van der Waals surface area contributed by atoms with E-state index in [0.29, 0.717) is 24.7 Å². The second-order valence-electron chi connectivity index (χ2n) is 4.41. The Balaban J connectivity index is 2.10. The quantitative estimate of drug-likeness (QED) is 0.840. The Hall–Kier alpha value is -1.24. The smallest absolute Gasteiger partial charge is 0.228 e. The van der Waals surface area contributed by atoms with Crippen molar-refractivity contribution >= 4 is 15.9 Å². The number of ether oxygens (including phenoxy) is 1. The summed E-state index contributed by atoms with van der Waals surface area (Å²) in [5.41, 5.74) is 0.925. The van der Waals surface area contributed by atoms with Gasteiger partial charge in [0.2, 0.25) is 11.7 Å². The van der Waals surface area contributed by atoms with Gasteiger partial charge in [0.25, 0.3) is 0 Å². The normalized spacial score (nSPS) is 12.6. The molecule has 0 fully saturated rings. The van der Waals surface area contributed by atoms with Crippen molar-refractivity contribution in [1.29, 1.82) is 0 Å². The van der Waals surface area contributed by atoms with Crippen LogP contribution in [0.4, 0.5) is 0 Å². The molecule has 0 aliphatic rings. The third kappa shape index (κ3) is 3.88. The predicted molar refractivity (Wildman–Crippen MR) is 80.5 cm³/mol. The second-order valence-corrected chi connectivity index (χ2v) is 5.26. The summed E-state index contributed by atoms with van der Waals surface area (Å²) in [4.78, 5) is 4.44. The van der Waals surface area contributed by atoms with E-state index in [-0.39, 0.29) is 6.04 Å². The first-order valence-corrected chi connectivity index (χ1v) is 7.33. The summed E-state index contributed by atoms with van der Waals surface area (Å²) in [6.07, 6.45) is 0.652. The number of likely N-dealkylation sites (N-methyl/N-ethyl adjacent to an activating group) is 1. The average Bonchev–Trinajstić information content (AvgIpc) is 2.88. The summed E-state index contributed by atoms with van der Waals surface area (Å²) in [5.74, 6) is 1.21. The van der Waals surface area contributed by atoms with E-state index < -0.39 is 0 Å². The fraction of sp³-hybridized carbons (Fsp3) is 0.429. The van der Waals surface area contributed by atoms with Crippen LogP contribution in [-0.2, 0) is 11.2 Å². The van der Waals surface area contributed by atoms with Crippen LogP contribution in [0.5, 0.6) is 0 Å². The highest BCUT2D eigenvalue weighted by molar-refractivity contribution is 9.10. The Morgan fingerprint density at radius 2 is 2.20 bits per heavy atom. The fourth-order valence-corrected chi connectivity index (χ4v) is 2.44. The van der Waals surface area contributed by atoms with Crippen molar-refractivity contribution in [2.24, 2.45) is 0 Å². The highest BCUT2D eigenvalue weighted by atomic mass is 79.9. The molecular formula is C14H18BrN3O2. The lowest BCUT2D eigenvalue weighted by atomic mass is 10.2. The van der Waals surface area contributed by atoms with Crippen molar-refractivity contribution < 1.29 is 9.26 Å². The molecular weight excluding hydrogens is 322 g/mol. The highest BCUT2D eigenvalue weighted by Gasteiger charge is 2.15.